The Kier molecular flexibility index (Phi) is 4.00. The summed E-state index contributed by atoms with van der Waals surface area (Å²) in [6.07, 6.45) is 7.50. The van der Waals surface area contributed by atoms with Gasteiger partial charge in [0, 0.05) is 33.2 Å². The zero-order chi connectivity index (χ0) is 29.0. The number of nitrogens with zero attached hydrogens (tertiary/aromatic N) is 3. The first-order valence-electron chi connectivity index (χ1n) is 16.6. The van der Waals surface area contributed by atoms with E-state index in [9.17, 15) is 0 Å². The summed E-state index contributed by atoms with van der Waals surface area (Å²) < 4.78 is 8.04. The van der Waals surface area contributed by atoms with Gasteiger partial charge >= 0.3 is 0 Å². The number of rotatable bonds is 1. The molecule has 8 aromatic rings. The SMILES string of the molecule is c1ccc(-c2ccc3c4c2-n2c5ccccc5c5ccc6c(c52)C4(C2CCCC2C6)[n+]2cccc4c5ccccc5n-3c42)cc1. The average molecular weight is 577 g/mol. The predicted molar refractivity (Wildman–Crippen MR) is 181 cm³/mol. The van der Waals surface area contributed by atoms with Crippen molar-refractivity contribution in [2.45, 2.75) is 31.2 Å². The molecule has 0 bridgehead atoms. The molecule has 5 heterocycles. The topological polar surface area (TPSA) is 13.7 Å². The van der Waals surface area contributed by atoms with Crippen LogP contribution >= 0.6 is 0 Å². The van der Waals surface area contributed by atoms with Crippen LogP contribution in [0.4, 0.5) is 0 Å². The maximum absolute atomic E-state index is 2.77. The van der Waals surface area contributed by atoms with E-state index in [-0.39, 0.29) is 5.54 Å². The fourth-order valence-electron chi connectivity index (χ4n) is 10.7. The minimum Gasteiger partial charge on any atom is -0.308 e. The molecule has 3 aromatic heterocycles. The summed E-state index contributed by atoms with van der Waals surface area (Å²) in [5.41, 5.74) is 15.0. The van der Waals surface area contributed by atoms with Crippen LogP contribution in [0, 0.1) is 11.8 Å². The fraction of sp³-hybridized carbons (Fsp3) is 0.167. The van der Waals surface area contributed by atoms with E-state index in [4.69, 9.17) is 0 Å². The molecule has 45 heavy (non-hydrogen) atoms. The Labute approximate surface area is 260 Å². The van der Waals surface area contributed by atoms with E-state index in [0.717, 1.165) is 0 Å². The van der Waals surface area contributed by atoms with Gasteiger partial charge in [-0.2, -0.15) is 4.57 Å². The lowest BCUT2D eigenvalue weighted by Crippen LogP contribution is -2.67. The zero-order valence-electron chi connectivity index (χ0n) is 24.9. The Hall–Kier alpha value is -5.15. The number of para-hydroxylation sites is 2. The lowest BCUT2D eigenvalue weighted by molar-refractivity contribution is -0.734. The summed E-state index contributed by atoms with van der Waals surface area (Å²) in [6, 6.07) is 43.8. The van der Waals surface area contributed by atoms with Crippen LogP contribution in [0.5, 0.6) is 0 Å². The molecule has 0 N–H and O–H groups in total. The third kappa shape index (κ3) is 2.45. The Morgan fingerprint density at radius 1 is 0.622 bits per heavy atom. The maximum atomic E-state index is 2.77. The molecule has 2 aliphatic heterocycles. The number of aromatic nitrogens is 3. The lowest BCUT2D eigenvalue weighted by Gasteiger charge is -2.50. The molecule has 1 spiro atoms. The summed E-state index contributed by atoms with van der Waals surface area (Å²) in [5.74, 6) is 1.21. The van der Waals surface area contributed by atoms with Crippen molar-refractivity contribution in [3.05, 3.63) is 138 Å². The smallest absolute Gasteiger partial charge is 0.296 e. The van der Waals surface area contributed by atoms with Crippen LogP contribution in [-0.2, 0) is 12.0 Å². The van der Waals surface area contributed by atoms with E-state index in [1.165, 1.54) is 97.5 Å². The number of pyridine rings is 1. The molecule has 1 saturated carbocycles. The molecule has 0 saturated heterocycles. The molecule has 212 valence electrons. The van der Waals surface area contributed by atoms with Gasteiger partial charge in [0.2, 0.25) is 0 Å². The molecule has 5 aromatic carbocycles. The van der Waals surface area contributed by atoms with E-state index in [2.05, 4.69) is 135 Å². The number of fused-ring (bicyclic) bond motifs is 9. The van der Waals surface area contributed by atoms with E-state index in [0.29, 0.717) is 11.8 Å². The van der Waals surface area contributed by atoms with Gasteiger partial charge in [0.05, 0.1) is 33.9 Å². The first-order valence-corrected chi connectivity index (χ1v) is 16.6. The predicted octanol–water partition coefficient (Wildman–Crippen LogP) is 9.23. The number of hydrogen-bond acceptors (Lipinski definition) is 0. The van der Waals surface area contributed by atoms with Crippen molar-refractivity contribution >= 4 is 43.7 Å². The second-order valence-corrected chi connectivity index (χ2v) is 13.8. The van der Waals surface area contributed by atoms with Crippen molar-refractivity contribution in [1.82, 2.24) is 9.13 Å². The highest BCUT2D eigenvalue weighted by Gasteiger charge is 2.63. The van der Waals surface area contributed by atoms with Gasteiger partial charge in [0.1, 0.15) is 11.2 Å². The van der Waals surface area contributed by atoms with Crippen molar-refractivity contribution in [1.29, 1.82) is 0 Å². The first-order chi connectivity index (χ1) is 22.4. The largest absolute Gasteiger partial charge is 0.308 e. The molecule has 1 fully saturated rings. The highest BCUT2D eigenvalue weighted by Crippen LogP contribution is 2.62. The van der Waals surface area contributed by atoms with Crippen molar-refractivity contribution in [3.8, 4) is 22.5 Å². The van der Waals surface area contributed by atoms with Crippen molar-refractivity contribution in [2.75, 3.05) is 0 Å². The molecule has 3 atom stereocenters. The molecule has 0 amide bonds. The minimum atomic E-state index is -0.280. The van der Waals surface area contributed by atoms with E-state index in [1.807, 2.05) is 0 Å². The van der Waals surface area contributed by atoms with E-state index < -0.39 is 0 Å². The molecule has 4 aliphatic rings. The fourth-order valence-corrected chi connectivity index (χ4v) is 10.7. The van der Waals surface area contributed by atoms with Gasteiger partial charge in [-0.05, 0) is 78.8 Å². The number of hydrogen-bond donors (Lipinski definition) is 0. The lowest BCUT2D eigenvalue weighted by atomic mass is 9.59. The van der Waals surface area contributed by atoms with Crippen molar-refractivity contribution < 1.29 is 4.57 Å². The van der Waals surface area contributed by atoms with Crippen LogP contribution in [0.15, 0.2) is 121 Å². The minimum absolute atomic E-state index is 0.280. The molecule has 3 unspecified atom stereocenters. The summed E-state index contributed by atoms with van der Waals surface area (Å²) in [5, 5.41) is 5.42. The second-order valence-electron chi connectivity index (χ2n) is 13.8. The molecule has 0 radical (unpaired) electrons. The van der Waals surface area contributed by atoms with Gasteiger partial charge in [-0.1, -0.05) is 79.2 Å². The Balaban J connectivity index is 1.43. The standard InChI is InChI=1S/C42H30N3/c1-2-10-25(11-3-1)28-21-22-36-38-39(28)45-35-18-7-4-13-29(35)31-20-19-27-24-26-12-8-16-33(26)42(38,37(27)40(31)45)43-23-9-15-32-30-14-5-6-17-34(30)44(36)41(32)43/h1-7,9-11,13-15,17-23,26,33H,8,12,16,24H2/q+1. The highest BCUT2D eigenvalue weighted by molar-refractivity contribution is 6.14. The van der Waals surface area contributed by atoms with Gasteiger partial charge in [0.25, 0.3) is 5.65 Å². The van der Waals surface area contributed by atoms with Crippen LogP contribution in [0.2, 0.25) is 0 Å². The molecule has 3 heteroatoms. The quantitative estimate of drug-likeness (QED) is 0.173. The van der Waals surface area contributed by atoms with Crippen LogP contribution < -0.4 is 4.57 Å². The Bertz CT molecular complexity index is 2620. The van der Waals surface area contributed by atoms with Crippen molar-refractivity contribution in [2.24, 2.45) is 11.8 Å². The third-order valence-electron chi connectivity index (χ3n) is 12.1. The molecular weight excluding hydrogens is 546 g/mol. The molecule has 2 aliphatic carbocycles. The van der Waals surface area contributed by atoms with Crippen molar-refractivity contribution in [3.63, 3.8) is 0 Å². The molecule has 12 rings (SSSR count). The molecular formula is C42H30N3+. The summed E-state index contributed by atoms with van der Waals surface area (Å²) in [6.45, 7) is 0. The first kappa shape index (κ1) is 23.3. The van der Waals surface area contributed by atoms with Crippen LogP contribution in [0.3, 0.4) is 0 Å². The van der Waals surface area contributed by atoms with Gasteiger partial charge in [-0.3, -0.25) is 0 Å². The monoisotopic (exact) mass is 576 g/mol. The van der Waals surface area contributed by atoms with Gasteiger partial charge in [-0.25, -0.2) is 4.57 Å². The van der Waals surface area contributed by atoms with Crippen LogP contribution in [0.1, 0.15) is 36.0 Å². The highest BCUT2D eigenvalue weighted by atomic mass is 15.2. The molecule has 3 nitrogen and oxygen atoms in total. The Morgan fingerprint density at radius 2 is 1.38 bits per heavy atom. The van der Waals surface area contributed by atoms with Gasteiger partial charge in [0.15, 0.2) is 5.54 Å². The van der Waals surface area contributed by atoms with E-state index in [1.54, 1.807) is 11.1 Å². The normalized spacial score (nSPS) is 22.0. The Morgan fingerprint density at radius 3 is 2.24 bits per heavy atom. The summed E-state index contributed by atoms with van der Waals surface area (Å²) in [4.78, 5) is 0. The summed E-state index contributed by atoms with van der Waals surface area (Å²) >= 11 is 0. The van der Waals surface area contributed by atoms with Gasteiger partial charge < -0.3 is 4.57 Å². The van der Waals surface area contributed by atoms with Crippen LogP contribution in [-0.4, -0.2) is 9.13 Å². The average Bonchev–Trinajstić information content (AvgIpc) is 3.80. The third-order valence-corrected chi connectivity index (χ3v) is 12.1. The second kappa shape index (κ2) is 7.73. The summed E-state index contributed by atoms with van der Waals surface area (Å²) in [7, 11) is 0. The zero-order valence-corrected chi connectivity index (χ0v) is 24.9. The van der Waals surface area contributed by atoms with Crippen LogP contribution in [0.25, 0.3) is 66.2 Å². The maximum Gasteiger partial charge on any atom is 0.296 e. The van der Waals surface area contributed by atoms with E-state index >= 15 is 0 Å². The van der Waals surface area contributed by atoms with Gasteiger partial charge in [-0.15, -0.1) is 0 Å². The number of benzene rings is 5.